The van der Waals surface area contributed by atoms with E-state index in [2.05, 4.69) is 22.8 Å². The molecule has 3 N–H and O–H groups in total. The fraction of sp³-hybridized carbons (Fsp3) is 0.423. The molecule has 2 amide bonds. The molecule has 0 saturated carbocycles. The molecule has 1 fully saturated rings. The summed E-state index contributed by atoms with van der Waals surface area (Å²) in [6.45, 7) is 0.915. The van der Waals surface area contributed by atoms with Crippen LogP contribution in [0.1, 0.15) is 23.5 Å². The van der Waals surface area contributed by atoms with Crippen LogP contribution in [0.2, 0.25) is 0 Å². The molecule has 0 unspecified atom stereocenters. The summed E-state index contributed by atoms with van der Waals surface area (Å²) in [5.41, 5.74) is 4.49. The Morgan fingerprint density at radius 3 is 2.31 bits per heavy atom. The number of nitrogens with one attached hydrogen (secondary N) is 2. The third kappa shape index (κ3) is 5.63. The van der Waals surface area contributed by atoms with Crippen molar-refractivity contribution >= 4 is 18.0 Å². The van der Waals surface area contributed by atoms with Crippen molar-refractivity contribution in [2.75, 3.05) is 40.4 Å². The lowest BCUT2D eigenvalue weighted by Crippen LogP contribution is -2.53. The number of ether oxygens (including phenoxy) is 2. The van der Waals surface area contributed by atoms with Crippen LogP contribution < -0.4 is 10.6 Å². The lowest BCUT2D eigenvalue weighted by molar-refractivity contribution is -0.149. The molecule has 9 heteroatoms. The number of likely N-dealkylation sites (N-methyl/N-ethyl adjacent to an activating group) is 1. The number of fused-ring (bicyclic) bond motifs is 3. The van der Waals surface area contributed by atoms with E-state index in [1.165, 1.54) is 0 Å². The third-order valence-corrected chi connectivity index (χ3v) is 6.50. The Morgan fingerprint density at radius 2 is 1.71 bits per heavy atom. The van der Waals surface area contributed by atoms with Crippen molar-refractivity contribution in [3.63, 3.8) is 0 Å². The first kappa shape index (κ1) is 24.7. The first-order valence-corrected chi connectivity index (χ1v) is 11.7. The van der Waals surface area contributed by atoms with Crippen LogP contribution in [0.5, 0.6) is 0 Å². The van der Waals surface area contributed by atoms with E-state index in [0.29, 0.717) is 13.0 Å². The Hall–Kier alpha value is -3.43. The normalized spacial score (nSPS) is 19.6. The highest BCUT2D eigenvalue weighted by Crippen LogP contribution is 2.44. The number of aliphatic carboxylic acids is 1. The number of carboxylic acids is 1. The van der Waals surface area contributed by atoms with Crippen molar-refractivity contribution in [1.29, 1.82) is 0 Å². The van der Waals surface area contributed by atoms with E-state index in [-0.39, 0.29) is 31.5 Å². The maximum absolute atomic E-state index is 12.8. The van der Waals surface area contributed by atoms with Crippen LogP contribution in [0.4, 0.5) is 4.79 Å². The number of nitrogens with zero attached hydrogens (tertiary/aromatic N) is 1. The molecular weight excluding hydrogens is 450 g/mol. The average molecular weight is 482 g/mol. The topological polar surface area (TPSA) is 117 Å². The van der Waals surface area contributed by atoms with E-state index in [1.807, 2.05) is 36.4 Å². The molecule has 0 spiro atoms. The number of carbonyl (C=O) groups excluding carboxylic acids is 2. The van der Waals surface area contributed by atoms with Crippen LogP contribution in [0, 0.1) is 5.92 Å². The van der Waals surface area contributed by atoms with Crippen molar-refractivity contribution in [3.05, 3.63) is 59.7 Å². The van der Waals surface area contributed by atoms with E-state index in [4.69, 9.17) is 9.47 Å². The van der Waals surface area contributed by atoms with Crippen molar-refractivity contribution in [2.45, 2.75) is 24.5 Å². The SMILES string of the molecule is CN(C)C[C@H](NC(=O)OCC1c2ccccc2-c2ccccc21)C(=O)NC[C@@H]1CCO[C@@H]1C(=O)O. The van der Waals surface area contributed by atoms with E-state index in [1.54, 1.807) is 19.0 Å². The second-order valence-corrected chi connectivity index (χ2v) is 9.21. The van der Waals surface area contributed by atoms with Crippen LogP contribution in [0.3, 0.4) is 0 Å². The first-order chi connectivity index (χ1) is 16.8. The van der Waals surface area contributed by atoms with Crippen molar-refractivity contribution in [2.24, 2.45) is 5.92 Å². The van der Waals surface area contributed by atoms with Crippen LogP contribution >= 0.6 is 0 Å². The zero-order chi connectivity index (χ0) is 24.9. The molecule has 2 aliphatic rings. The smallest absolute Gasteiger partial charge is 0.407 e. The molecule has 0 bridgehead atoms. The molecule has 2 aromatic carbocycles. The summed E-state index contributed by atoms with van der Waals surface area (Å²) >= 11 is 0. The van der Waals surface area contributed by atoms with E-state index in [0.717, 1.165) is 22.3 Å². The highest BCUT2D eigenvalue weighted by molar-refractivity contribution is 5.86. The molecule has 186 valence electrons. The minimum atomic E-state index is -1.04. The largest absolute Gasteiger partial charge is 0.479 e. The van der Waals surface area contributed by atoms with Gasteiger partial charge in [-0.15, -0.1) is 0 Å². The van der Waals surface area contributed by atoms with Gasteiger partial charge >= 0.3 is 12.1 Å². The minimum Gasteiger partial charge on any atom is -0.479 e. The second kappa shape index (κ2) is 10.9. The van der Waals surface area contributed by atoms with Gasteiger partial charge in [-0.25, -0.2) is 9.59 Å². The summed E-state index contributed by atoms with van der Waals surface area (Å²) in [6.07, 6.45) is -1.06. The highest BCUT2D eigenvalue weighted by atomic mass is 16.5. The first-order valence-electron chi connectivity index (χ1n) is 11.7. The molecule has 0 radical (unpaired) electrons. The van der Waals surface area contributed by atoms with Gasteiger partial charge in [0.25, 0.3) is 0 Å². The zero-order valence-electron chi connectivity index (χ0n) is 19.9. The van der Waals surface area contributed by atoms with Gasteiger partial charge in [0.2, 0.25) is 5.91 Å². The molecule has 0 aromatic heterocycles. The maximum atomic E-state index is 12.8. The summed E-state index contributed by atoms with van der Waals surface area (Å²) in [5, 5.41) is 14.7. The van der Waals surface area contributed by atoms with Gasteiger partial charge in [0.05, 0.1) is 0 Å². The van der Waals surface area contributed by atoms with Gasteiger partial charge in [-0.3, -0.25) is 4.79 Å². The highest BCUT2D eigenvalue weighted by Gasteiger charge is 2.35. The lowest BCUT2D eigenvalue weighted by atomic mass is 9.98. The standard InChI is InChI=1S/C26H31N3O6/c1-29(2)14-22(24(30)27-13-16-11-12-34-23(16)25(31)32)28-26(33)35-15-21-19-9-5-3-7-17(19)18-8-4-6-10-20(18)21/h3-10,16,21-23H,11-15H2,1-2H3,(H,27,30)(H,28,33)(H,31,32)/t16-,22-,23-/m0/s1. The van der Waals surface area contributed by atoms with Crippen LogP contribution in [0.25, 0.3) is 11.1 Å². The van der Waals surface area contributed by atoms with E-state index < -0.39 is 30.1 Å². The number of alkyl carbamates (subject to hydrolysis) is 1. The summed E-state index contributed by atoms with van der Waals surface area (Å²) in [5.74, 6) is -1.83. The summed E-state index contributed by atoms with van der Waals surface area (Å²) in [6, 6.07) is 15.3. The van der Waals surface area contributed by atoms with Gasteiger partial charge in [0.15, 0.2) is 6.10 Å². The van der Waals surface area contributed by atoms with Crippen LogP contribution in [-0.2, 0) is 19.1 Å². The van der Waals surface area contributed by atoms with Gasteiger partial charge in [-0.05, 0) is 42.8 Å². The van der Waals surface area contributed by atoms with Gasteiger partial charge in [0, 0.05) is 31.5 Å². The molecule has 2 aromatic rings. The minimum absolute atomic E-state index is 0.0791. The molecule has 4 rings (SSSR count). The van der Waals surface area contributed by atoms with Gasteiger partial charge in [-0.2, -0.15) is 0 Å². The predicted octanol–water partition coefficient (Wildman–Crippen LogP) is 2.06. The number of carboxylic acid groups (broad SMARTS) is 1. The summed E-state index contributed by atoms with van der Waals surface area (Å²) < 4.78 is 10.8. The molecule has 1 heterocycles. The summed E-state index contributed by atoms with van der Waals surface area (Å²) in [7, 11) is 3.59. The Bertz CT molecular complexity index is 1040. The van der Waals surface area contributed by atoms with Crippen molar-refractivity contribution in [1.82, 2.24) is 15.5 Å². The van der Waals surface area contributed by atoms with Gasteiger partial charge < -0.3 is 30.1 Å². The molecule has 35 heavy (non-hydrogen) atoms. The average Bonchev–Trinajstić information content (AvgIpc) is 3.43. The molecule has 1 aliphatic heterocycles. The molecule has 1 saturated heterocycles. The second-order valence-electron chi connectivity index (χ2n) is 9.21. The Morgan fingerprint density at radius 1 is 1.09 bits per heavy atom. The Kier molecular flexibility index (Phi) is 7.67. The Balaban J connectivity index is 1.36. The van der Waals surface area contributed by atoms with E-state index in [9.17, 15) is 19.5 Å². The zero-order valence-corrected chi connectivity index (χ0v) is 19.9. The number of benzene rings is 2. The number of hydrogen-bond donors (Lipinski definition) is 3. The fourth-order valence-electron chi connectivity index (χ4n) is 4.81. The van der Waals surface area contributed by atoms with Crippen molar-refractivity contribution < 1.29 is 29.0 Å². The monoisotopic (exact) mass is 481 g/mol. The number of hydrogen-bond acceptors (Lipinski definition) is 6. The third-order valence-electron chi connectivity index (χ3n) is 6.50. The maximum Gasteiger partial charge on any atom is 0.407 e. The molecule has 3 atom stereocenters. The van der Waals surface area contributed by atoms with Gasteiger partial charge in [0.1, 0.15) is 12.6 Å². The van der Waals surface area contributed by atoms with E-state index >= 15 is 0 Å². The van der Waals surface area contributed by atoms with Gasteiger partial charge in [-0.1, -0.05) is 48.5 Å². The number of rotatable bonds is 9. The number of carbonyl (C=O) groups is 3. The Labute approximate surface area is 204 Å². The predicted molar refractivity (Wildman–Crippen MR) is 129 cm³/mol. The van der Waals surface area contributed by atoms with Crippen LogP contribution in [0.15, 0.2) is 48.5 Å². The quantitative estimate of drug-likeness (QED) is 0.502. The van der Waals surface area contributed by atoms with Crippen molar-refractivity contribution in [3.8, 4) is 11.1 Å². The molecular formula is C26H31N3O6. The lowest BCUT2D eigenvalue weighted by Gasteiger charge is -2.23. The number of amides is 2. The summed E-state index contributed by atoms with van der Waals surface area (Å²) in [4.78, 5) is 38.6. The fourth-order valence-corrected chi connectivity index (χ4v) is 4.81. The molecule has 1 aliphatic carbocycles. The van der Waals surface area contributed by atoms with Crippen LogP contribution in [-0.4, -0.2) is 80.5 Å². The molecule has 9 nitrogen and oxygen atoms in total.